The van der Waals surface area contributed by atoms with Crippen LogP contribution in [-0.2, 0) is 0 Å². The number of hydrogen-bond donors (Lipinski definition) is 1. The third kappa shape index (κ3) is 2.68. The molecular weight excluding hydrogens is 272 g/mol. The zero-order chi connectivity index (χ0) is 15.4. The van der Waals surface area contributed by atoms with E-state index in [1.807, 2.05) is 73.7 Å². The largest absolute Gasteiger partial charge is 0.507 e. The Balaban J connectivity index is 2.30. The topological polar surface area (TPSA) is 29.5 Å². The van der Waals surface area contributed by atoms with Gasteiger partial charge in [-0.3, -0.25) is 0 Å². The molecule has 0 saturated carbocycles. The van der Waals surface area contributed by atoms with Crippen molar-refractivity contribution in [1.82, 2.24) is 0 Å². The summed E-state index contributed by atoms with van der Waals surface area (Å²) in [7, 11) is 0. The van der Waals surface area contributed by atoms with Crippen molar-refractivity contribution in [3.05, 3.63) is 72.8 Å². The summed E-state index contributed by atoms with van der Waals surface area (Å²) in [6.45, 7) is 2.54. The highest BCUT2D eigenvalue weighted by Gasteiger charge is 2.17. The first-order valence-electron chi connectivity index (χ1n) is 7.41. The standard InChI is InChI=1S/C20H18O2/c1-2-22-18-14-13-17(21)19(15-9-5-3-6-10-15)20(18)16-11-7-4-8-12-16/h3-14,21H,2H2,1H3. The lowest BCUT2D eigenvalue weighted by Crippen LogP contribution is -1.96. The average molecular weight is 290 g/mol. The lowest BCUT2D eigenvalue weighted by molar-refractivity contribution is 0.341. The van der Waals surface area contributed by atoms with Gasteiger partial charge in [0.05, 0.1) is 6.61 Å². The SMILES string of the molecule is CCOc1ccc(O)c(-c2ccccc2)c1-c1ccccc1. The van der Waals surface area contributed by atoms with Crippen LogP contribution in [0.1, 0.15) is 6.92 Å². The van der Waals surface area contributed by atoms with Gasteiger partial charge in [0, 0.05) is 11.1 Å². The van der Waals surface area contributed by atoms with E-state index in [1.165, 1.54) is 0 Å². The first-order valence-corrected chi connectivity index (χ1v) is 7.41. The van der Waals surface area contributed by atoms with Gasteiger partial charge in [-0.15, -0.1) is 0 Å². The number of hydrogen-bond acceptors (Lipinski definition) is 2. The second-order valence-corrected chi connectivity index (χ2v) is 5.00. The molecule has 0 radical (unpaired) electrons. The number of rotatable bonds is 4. The Morgan fingerprint density at radius 3 is 1.82 bits per heavy atom. The molecule has 3 aromatic carbocycles. The van der Waals surface area contributed by atoms with Crippen molar-refractivity contribution in [3.8, 4) is 33.8 Å². The lowest BCUT2D eigenvalue weighted by atomic mass is 9.93. The molecule has 0 fully saturated rings. The van der Waals surface area contributed by atoms with E-state index >= 15 is 0 Å². The Morgan fingerprint density at radius 2 is 1.27 bits per heavy atom. The minimum Gasteiger partial charge on any atom is -0.507 e. The number of phenolic OH excluding ortho intramolecular Hbond substituents is 1. The van der Waals surface area contributed by atoms with Gasteiger partial charge in [0.15, 0.2) is 0 Å². The first kappa shape index (κ1) is 14.2. The summed E-state index contributed by atoms with van der Waals surface area (Å²) in [5.74, 6) is 1.04. The van der Waals surface area contributed by atoms with Gasteiger partial charge < -0.3 is 9.84 Å². The lowest BCUT2D eigenvalue weighted by Gasteiger charge is -2.17. The number of phenols is 1. The van der Waals surface area contributed by atoms with Crippen LogP contribution in [0.3, 0.4) is 0 Å². The maximum Gasteiger partial charge on any atom is 0.127 e. The Kier molecular flexibility index (Phi) is 4.10. The monoisotopic (exact) mass is 290 g/mol. The molecule has 2 nitrogen and oxygen atoms in total. The molecule has 2 heteroatoms. The summed E-state index contributed by atoms with van der Waals surface area (Å²) in [5, 5.41) is 10.4. The molecule has 0 bridgehead atoms. The molecule has 0 aliphatic heterocycles. The van der Waals surface area contributed by atoms with Crippen LogP contribution in [0.5, 0.6) is 11.5 Å². The van der Waals surface area contributed by atoms with Crippen LogP contribution in [0.15, 0.2) is 72.8 Å². The normalized spacial score (nSPS) is 10.4. The van der Waals surface area contributed by atoms with E-state index in [9.17, 15) is 5.11 Å². The van der Waals surface area contributed by atoms with Crippen LogP contribution in [-0.4, -0.2) is 11.7 Å². The van der Waals surface area contributed by atoms with Gasteiger partial charge in [0.1, 0.15) is 11.5 Å². The summed E-state index contributed by atoms with van der Waals surface area (Å²) in [6, 6.07) is 23.4. The molecule has 0 aromatic heterocycles. The van der Waals surface area contributed by atoms with Gasteiger partial charge in [-0.25, -0.2) is 0 Å². The second-order valence-electron chi connectivity index (χ2n) is 5.00. The quantitative estimate of drug-likeness (QED) is 0.722. The summed E-state index contributed by atoms with van der Waals surface area (Å²) < 4.78 is 5.80. The Morgan fingerprint density at radius 1 is 0.727 bits per heavy atom. The van der Waals surface area contributed by atoms with E-state index in [4.69, 9.17) is 4.74 Å². The molecule has 3 rings (SSSR count). The molecule has 0 unspecified atom stereocenters. The molecule has 0 aliphatic rings. The van der Waals surface area contributed by atoms with Crippen LogP contribution in [0.4, 0.5) is 0 Å². The Bertz CT molecular complexity index is 749. The Hall–Kier alpha value is -2.74. The van der Waals surface area contributed by atoms with Crippen LogP contribution in [0, 0.1) is 0 Å². The molecule has 0 spiro atoms. The van der Waals surface area contributed by atoms with E-state index in [1.54, 1.807) is 6.07 Å². The van der Waals surface area contributed by atoms with Crippen molar-refractivity contribution in [2.24, 2.45) is 0 Å². The zero-order valence-corrected chi connectivity index (χ0v) is 12.5. The van der Waals surface area contributed by atoms with Crippen LogP contribution < -0.4 is 4.74 Å². The molecule has 1 N–H and O–H groups in total. The van der Waals surface area contributed by atoms with E-state index in [2.05, 4.69) is 0 Å². The highest BCUT2D eigenvalue weighted by Crippen LogP contribution is 2.44. The van der Waals surface area contributed by atoms with Gasteiger partial charge in [-0.2, -0.15) is 0 Å². The molecule has 0 aliphatic carbocycles. The van der Waals surface area contributed by atoms with Gasteiger partial charge in [-0.1, -0.05) is 60.7 Å². The molecule has 0 heterocycles. The third-order valence-electron chi connectivity index (χ3n) is 3.57. The maximum absolute atomic E-state index is 10.4. The third-order valence-corrected chi connectivity index (χ3v) is 3.57. The van der Waals surface area contributed by atoms with Crippen molar-refractivity contribution in [2.45, 2.75) is 6.92 Å². The maximum atomic E-state index is 10.4. The van der Waals surface area contributed by atoms with Crippen molar-refractivity contribution < 1.29 is 9.84 Å². The van der Waals surface area contributed by atoms with E-state index in [0.29, 0.717) is 6.61 Å². The summed E-state index contributed by atoms with van der Waals surface area (Å²) in [5.41, 5.74) is 3.73. The molecule has 0 atom stereocenters. The van der Waals surface area contributed by atoms with E-state index in [0.717, 1.165) is 28.0 Å². The van der Waals surface area contributed by atoms with Crippen molar-refractivity contribution in [1.29, 1.82) is 0 Å². The van der Waals surface area contributed by atoms with Crippen LogP contribution >= 0.6 is 0 Å². The number of ether oxygens (including phenoxy) is 1. The summed E-state index contributed by atoms with van der Waals surface area (Å²) >= 11 is 0. The minimum absolute atomic E-state index is 0.258. The molecule has 3 aromatic rings. The van der Waals surface area contributed by atoms with Crippen molar-refractivity contribution >= 4 is 0 Å². The van der Waals surface area contributed by atoms with Crippen LogP contribution in [0.25, 0.3) is 22.3 Å². The number of aromatic hydroxyl groups is 1. The molecule has 22 heavy (non-hydrogen) atoms. The molecule has 0 saturated heterocycles. The smallest absolute Gasteiger partial charge is 0.127 e. The molecule has 0 amide bonds. The van der Waals surface area contributed by atoms with Gasteiger partial charge in [0.25, 0.3) is 0 Å². The van der Waals surface area contributed by atoms with Crippen molar-refractivity contribution in [3.63, 3.8) is 0 Å². The fraction of sp³-hybridized carbons (Fsp3) is 0.100. The van der Waals surface area contributed by atoms with Crippen molar-refractivity contribution in [2.75, 3.05) is 6.61 Å². The van der Waals surface area contributed by atoms with Gasteiger partial charge in [0.2, 0.25) is 0 Å². The molecular formula is C20H18O2. The van der Waals surface area contributed by atoms with E-state index < -0.39 is 0 Å². The molecule has 110 valence electrons. The fourth-order valence-corrected chi connectivity index (χ4v) is 2.64. The van der Waals surface area contributed by atoms with Gasteiger partial charge >= 0.3 is 0 Å². The summed E-state index contributed by atoms with van der Waals surface area (Å²) in [6.07, 6.45) is 0. The predicted octanol–water partition coefficient (Wildman–Crippen LogP) is 5.12. The Labute approximate surface area is 130 Å². The number of benzene rings is 3. The average Bonchev–Trinajstić information content (AvgIpc) is 2.58. The van der Waals surface area contributed by atoms with E-state index in [-0.39, 0.29) is 5.75 Å². The predicted molar refractivity (Wildman–Crippen MR) is 90.1 cm³/mol. The first-order chi connectivity index (χ1) is 10.8. The highest BCUT2D eigenvalue weighted by atomic mass is 16.5. The zero-order valence-electron chi connectivity index (χ0n) is 12.5. The fourth-order valence-electron chi connectivity index (χ4n) is 2.64. The minimum atomic E-state index is 0.258. The summed E-state index contributed by atoms with van der Waals surface area (Å²) in [4.78, 5) is 0. The highest BCUT2D eigenvalue weighted by molar-refractivity contribution is 5.91. The second kappa shape index (κ2) is 6.35. The van der Waals surface area contributed by atoms with Crippen LogP contribution in [0.2, 0.25) is 0 Å². The van der Waals surface area contributed by atoms with Gasteiger partial charge in [-0.05, 0) is 30.2 Å².